The molecule has 16 heavy (non-hydrogen) atoms. The van der Waals surface area contributed by atoms with Gasteiger partial charge in [-0.3, -0.25) is 4.79 Å². The van der Waals surface area contributed by atoms with Crippen molar-refractivity contribution >= 4 is 5.91 Å². The monoisotopic (exact) mass is 224 g/mol. The summed E-state index contributed by atoms with van der Waals surface area (Å²) in [6.45, 7) is 2.88. The SMILES string of the molecule is CCN(C(=O)[C@@H](N)C1CCCCC1)C1CC1. The molecular formula is C13H24N2O. The number of rotatable bonds is 4. The molecule has 2 rings (SSSR count). The summed E-state index contributed by atoms with van der Waals surface area (Å²) in [4.78, 5) is 14.3. The lowest BCUT2D eigenvalue weighted by Gasteiger charge is -2.31. The first kappa shape index (κ1) is 11.9. The van der Waals surface area contributed by atoms with Crippen molar-refractivity contribution in [2.45, 2.75) is 64.0 Å². The molecule has 0 bridgehead atoms. The number of hydrogen-bond donors (Lipinski definition) is 1. The molecule has 0 aliphatic heterocycles. The van der Waals surface area contributed by atoms with Crippen molar-refractivity contribution in [1.82, 2.24) is 4.90 Å². The van der Waals surface area contributed by atoms with E-state index < -0.39 is 0 Å². The summed E-state index contributed by atoms with van der Waals surface area (Å²) in [7, 11) is 0. The number of hydrogen-bond acceptors (Lipinski definition) is 2. The van der Waals surface area contributed by atoms with Gasteiger partial charge in [0.05, 0.1) is 6.04 Å². The highest BCUT2D eigenvalue weighted by molar-refractivity contribution is 5.82. The molecule has 3 heteroatoms. The highest BCUT2D eigenvalue weighted by atomic mass is 16.2. The van der Waals surface area contributed by atoms with Crippen LogP contribution < -0.4 is 5.73 Å². The molecule has 2 aliphatic rings. The third-order valence-corrected chi connectivity index (χ3v) is 4.05. The molecule has 0 radical (unpaired) electrons. The quantitative estimate of drug-likeness (QED) is 0.793. The van der Waals surface area contributed by atoms with E-state index in [0.29, 0.717) is 12.0 Å². The van der Waals surface area contributed by atoms with Crippen LogP contribution in [0.1, 0.15) is 51.9 Å². The molecular weight excluding hydrogens is 200 g/mol. The molecule has 1 atom stereocenters. The van der Waals surface area contributed by atoms with Crippen LogP contribution in [0.2, 0.25) is 0 Å². The molecule has 2 saturated carbocycles. The van der Waals surface area contributed by atoms with E-state index in [1.807, 2.05) is 4.90 Å². The van der Waals surface area contributed by atoms with Gasteiger partial charge in [-0.05, 0) is 38.5 Å². The summed E-state index contributed by atoms with van der Waals surface area (Å²) in [5.74, 6) is 0.644. The third kappa shape index (κ3) is 2.57. The molecule has 2 N–H and O–H groups in total. The second-order valence-corrected chi connectivity index (χ2v) is 5.28. The van der Waals surface area contributed by atoms with Gasteiger partial charge in [-0.25, -0.2) is 0 Å². The van der Waals surface area contributed by atoms with Crippen LogP contribution >= 0.6 is 0 Å². The Kier molecular flexibility index (Phi) is 3.85. The second-order valence-electron chi connectivity index (χ2n) is 5.28. The normalized spacial score (nSPS) is 24.1. The zero-order valence-corrected chi connectivity index (χ0v) is 10.3. The van der Waals surface area contributed by atoms with Gasteiger partial charge in [0.2, 0.25) is 5.91 Å². The topological polar surface area (TPSA) is 46.3 Å². The van der Waals surface area contributed by atoms with Crippen molar-refractivity contribution < 1.29 is 4.79 Å². The summed E-state index contributed by atoms with van der Waals surface area (Å²) < 4.78 is 0. The van der Waals surface area contributed by atoms with Gasteiger partial charge < -0.3 is 10.6 Å². The number of likely N-dealkylation sites (N-methyl/N-ethyl adjacent to an activating group) is 1. The number of amides is 1. The third-order valence-electron chi connectivity index (χ3n) is 4.05. The lowest BCUT2D eigenvalue weighted by atomic mass is 9.83. The lowest BCUT2D eigenvalue weighted by molar-refractivity contribution is -0.134. The second kappa shape index (κ2) is 5.17. The highest BCUT2D eigenvalue weighted by Gasteiger charge is 2.36. The zero-order valence-electron chi connectivity index (χ0n) is 10.3. The Hall–Kier alpha value is -0.570. The standard InChI is InChI=1S/C13H24N2O/c1-2-15(11-8-9-11)13(16)12(14)10-6-4-3-5-7-10/h10-12H,2-9,14H2,1H3/t12-/m0/s1. The van der Waals surface area contributed by atoms with Crippen molar-refractivity contribution in [1.29, 1.82) is 0 Å². The van der Waals surface area contributed by atoms with Crippen LogP contribution in [-0.2, 0) is 4.79 Å². The van der Waals surface area contributed by atoms with Crippen molar-refractivity contribution in [3.05, 3.63) is 0 Å². The molecule has 3 nitrogen and oxygen atoms in total. The van der Waals surface area contributed by atoms with Gasteiger partial charge >= 0.3 is 0 Å². The number of nitrogens with zero attached hydrogens (tertiary/aromatic N) is 1. The largest absolute Gasteiger partial charge is 0.339 e. The molecule has 0 heterocycles. The summed E-state index contributed by atoms with van der Waals surface area (Å²) >= 11 is 0. The molecule has 92 valence electrons. The van der Waals surface area contributed by atoms with Gasteiger partial charge in [-0.15, -0.1) is 0 Å². The first-order chi connectivity index (χ1) is 7.74. The zero-order chi connectivity index (χ0) is 11.5. The predicted octanol–water partition coefficient (Wildman–Crippen LogP) is 1.90. The fourth-order valence-electron chi connectivity index (χ4n) is 2.87. The summed E-state index contributed by atoms with van der Waals surface area (Å²) in [5.41, 5.74) is 6.14. The van der Waals surface area contributed by atoms with E-state index in [2.05, 4.69) is 6.92 Å². The van der Waals surface area contributed by atoms with Crippen LogP contribution in [0.5, 0.6) is 0 Å². The average Bonchev–Trinajstić information content (AvgIpc) is 3.14. The van der Waals surface area contributed by atoms with Gasteiger partial charge in [-0.2, -0.15) is 0 Å². The maximum absolute atomic E-state index is 12.3. The number of nitrogens with two attached hydrogens (primary N) is 1. The smallest absolute Gasteiger partial charge is 0.240 e. The van der Waals surface area contributed by atoms with Crippen LogP contribution in [0.4, 0.5) is 0 Å². The van der Waals surface area contributed by atoms with Gasteiger partial charge in [0.15, 0.2) is 0 Å². The molecule has 0 unspecified atom stereocenters. The van der Waals surface area contributed by atoms with Crippen molar-refractivity contribution in [3.63, 3.8) is 0 Å². The van der Waals surface area contributed by atoms with Crippen molar-refractivity contribution in [3.8, 4) is 0 Å². The summed E-state index contributed by atoms with van der Waals surface area (Å²) in [5, 5.41) is 0. The summed E-state index contributed by atoms with van der Waals surface area (Å²) in [6.07, 6.45) is 8.47. The van der Waals surface area contributed by atoms with E-state index in [1.54, 1.807) is 0 Å². The van der Waals surface area contributed by atoms with E-state index >= 15 is 0 Å². The molecule has 0 aromatic heterocycles. The average molecular weight is 224 g/mol. The first-order valence-electron chi connectivity index (χ1n) is 6.80. The Labute approximate surface area is 98.4 Å². The van der Waals surface area contributed by atoms with E-state index in [-0.39, 0.29) is 11.9 Å². The van der Waals surface area contributed by atoms with Crippen LogP contribution in [0, 0.1) is 5.92 Å². The molecule has 0 aromatic carbocycles. The van der Waals surface area contributed by atoms with Crippen LogP contribution in [0.3, 0.4) is 0 Å². The van der Waals surface area contributed by atoms with Gasteiger partial charge in [0, 0.05) is 12.6 Å². The van der Waals surface area contributed by atoms with Crippen LogP contribution in [0.25, 0.3) is 0 Å². The Bertz CT molecular complexity index is 244. The number of carbonyl (C=O) groups excluding carboxylic acids is 1. The molecule has 0 saturated heterocycles. The van der Waals surface area contributed by atoms with E-state index in [0.717, 1.165) is 19.4 Å². The molecule has 0 aromatic rings. The maximum atomic E-state index is 12.3. The van der Waals surface area contributed by atoms with E-state index in [9.17, 15) is 4.79 Å². The van der Waals surface area contributed by atoms with E-state index in [4.69, 9.17) is 5.73 Å². The molecule has 1 amide bonds. The Morgan fingerprint density at radius 1 is 1.25 bits per heavy atom. The predicted molar refractivity (Wildman–Crippen MR) is 65.0 cm³/mol. The molecule has 2 fully saturated rings. The lowest BCUT2D eigenvalue weighted by Crippen LogP contribution is -2.49. The van der Waals surface area contributed by atoms with Crippen LogP contribution in [-0.4, -0.2) is 29.4 Å². The fraction of sp³-hybridized carbons (Fsp3) is 0.923. The van der Waals surface area contributed by atoms with Crippen molar-refractivity contribution in [2.75, 3.05) is 6.54 Å². The molecule has 2 aliphatic carbocycles. The first-order valence-corrected chi connectivity index (χ1v) is 6.80. The molecule has 0 spiro atoms. The van der Waals surface area contributed by atoms with E-state index in [1.165, 1.54) is 32.1 Å². The Balaban J connectivity index is 1.91. The summed E-state index contributed by atoms with van der Waals surface area (Å²) in [6, 6.07) is 0.271. The van der Waals surface area contributed by atoms with Gasteiger partial charge in [0.1, 0.15) is 0 Å². The fourth-order valence-corrected chi connectivity index (χ4v) is 2.87. The number of carbonyl (C=O) groups is 1. The Morgan fingerprint density at radius 3 is 2.38 bits per heavy atom. The highest BCUT2D eigenvalue weighted by Crippen LogP contribution is 2.30. The van der Waals surface area contributed by atoms with Crippen molar-refractivity contribution in [2.24, 2.45) is 11.7 Å². The minimum atomic E-state index is -0.235. The Morgan fingerprint density at radius 2 is 1.88 bits per heavy atom. The maximum Gasteiger partial charge on any atom is 0.240 e. The minimum Gasteiger partial charge on any atom is -0.339 e. The van der Waals surface area contributed by atoms with Crippen LogP contribution in [0.15, 0.2) is 0 Å². The van der Waals surface area contributed by atoms with Gasteiger partial charge in [0.25, 0.3) is 0 Å². The minimum absolute atomic E-state index is 0.205. The van der Waals surface area contributed by atoms with Gasteiger partial charge in [-0.1, -0.05) is 19.3 Å².